The molecule has 0 aliphatic heterocycles. The molecule has 0 fully saturated rings. The summed E-state index contributed by atoms with van der Waals surface area (Å²) in [7, 11) is 0. The van der Waals surface area contributed by atoms with Gasteiger partial charge in [0.2, 0.25) is 5.91 Å². The Hall–Kier alpha value is -1.06. The van der Waals surface area contributed by atoms with E-state index in [1.807, 2.05) is 32.0 Å². The molecular weight excluding hydrogens is 248 g/mol. The summed E-state index contributed by atoms with van der Waals surface area (Å²) in [4.78, 5) is 12.0. The molecule has 0 heterocycles. The molecule has 4 heteroatoms. The highest BCUT2D eigenvalue weighted by molar-refractivity contribution is 6.30. The van der Waals surface area contributed by atoms with Gasteiger partial charge < -0.3 is 11.1 Å². The zero-order valence-corrected chi connectivity index (χ0v) is 11.5. The van der Waals surface area contributed by atoms with Crippen molar-refractivity contribution in [3.05, 3.63) is 34.3 Å². The minimum absolute atomic E-state index is 0.0715. The van der Waals surface area contributed by atoms with Crippen LogP contribution in [0, 0.1) is 5.92 Å². The molecule has 0 aromatic heterocycles. The van der Waals surface area contributed by atoms with E-state index in [0.717, 1.165) is 17.9 Å². The van der Waals surface area contributed by atoms with Crippen LogP contribution in [0.4, 0.5) is 0 Å². The van der Waals surface area contributed by atoms with Crippen LogP contribution < -0.4 is 11.1 Å². The molecule has 0 bridgehead atoms. The number of benzene rings is 1. The SMILES string of the molecule is CC(C)[C@H](N)C(=O)NC1CCc2cc(Cl)ccc21. The Morgan fingerprint density at radius 1 is 1.50 bits per heavy atom. The molecule has 1 aromatic rings. The Morgan fingerprint density at radius 3 is 2.89 bits per heavy atom. The van der Waals surface area contributed by atoms with E-state index in [1.54, 1.807) is 0 Å². The lowest BCUT2D eigenvalue weighted by molar-refractivity contribution is -0.124. The first kappa shape index (κ1) is 13.4. The van der Waals surface area contributed by atoms with Gasteiger partial charge in [0.15, 0.2) is 0 Å². The number of nitrogens with two attached hydrogens (primary N) is 1. The molecule has 18 heavy (non-hydrogen) atoms. The van der Waals surface area contributed by atoms with Crippen molar-refractivity contribution in [2.45, 2.75) is 38.8 Å². The maximum atomic E-state index is 12.0. The zero-order valence-electron chi connectivity index (χ0n) is 10.7. The normalized spacial score (nSPS) is 19.7. The lowest BCUT2D eigenvalue weighted by atomic mass is 10.0. The number of carbonyl (C=O) groups is 1. The van der Waals surface area contributed by atoms with Gasteiger partial charge in [0.1, 0.15) is 0 Å². The van der Waals surface area contributed by atoms with E-state index in [0.29, 0.717) is 0 Å². The zero-order chi connectivity index (χ0) is 13.3. The molecule has 3 nitrogen and oxygen atoms in total. The fraction of sp³-hybridized carbons (Fsp3) is 0.500. The first-order chi connectivity index (χ1) is 8.49. The van der Waals surface area contributed by atoms with Crippen molar-refractivity contribution in [1.82, 2.24) is 5.32 Å². The van der Waals surface area contributed by atoms with Crippen molar-refractivity contribution < 1.29 is 4.79 Å². The summed E-state index contributed by atoms with van der Waals surface area (Å²) in [6.07, 6.45) is 1.88. The third-order valence-electron chi connectivity index (χ3n) is 3.52. The second-order valence-corrected chi connectivity index (χ2v) is 5.65. The Bertz CT molecular complexity index is 459. The molecular formula is C14H19ClN2O. The van der Waals surface area contributed by atoms with E-state index in [1.165, 1.54) is 11.1 Å². The van der Waals surface area contributed by atoms with Crippen molar-refractivity contribution in [2.24, 2.45) is 11.7 Å². The van der Waals surface area contributed by atoms with Gasteiger partial charge in [0.25, 0.3) is 0 Å². The number of rotatable bonds is 3. The van der Waals surface area contributed by atoms with E-state index in [4.69, 9.17) is 17.3 Å². The van der Waals surface area contributed by atoms with Crippen LogP contribution in [0.1, 0.15) is 37.4 Å². The van der Waals surface area contributed by atoms with Crippen LogP contribution >= 0.6 is 11.6 Å². The van der Waals surface area contributed by atoms with Gasteiger partial charge in [-0.2, -0.15) is 0 Å². The van der Waals surface area contributed by atoms with Crippen molar-refractivity contribution in [3.8, 4) is 0 Å². The quantitative estimate of drug-likeness (QED) is 0.883. The minimum atomic E-state index is -0.443. The third kappa shape index (κ3) is 2.68. The Kier molecular flexibility index (Phi) is 3.93. The van der Waals surface area contributed by atoms with Gasteiger partial charge in [-0.1, -0.05) is 31.5 Å². The predicted octanol–water partition coefficient (Wildman–Crippen LogP) is 2.43. The molecule has 0 radical (unpaired) electrons. The van der Waals surface area contributed by atoms with Gasteiger partial charge in [-0.15, -0.1) is 0 Å². The highest BCUT2D eigenvalue weighted by atomic mass is 35.5. The van der Waals surface area contributed by atoms with Crippen molar-refractivity contribution >= 4 is 17.5 Å². The van der Waals surface area contributed by atoms with Gasteiger partial charge >= 0.3 is 0 Å². The first-order valence-corrected chi connectivity index (χ1v) is 6.71. The van der Waals surface area contributed by atoms with Gasteiger partial charge in [0, 0.05) is 5.02 Å². The molecule has 1 aromatic carbocycles. The summed E-state index contributed by atoms with van der Waals surface area (Å²) in [5.41, 5.74) is 8.25. The molecule has 2 rings (SSSR count). The molecule has 2 atom stereocenters. The summed E-state index contributed by atoms with van der Waals surface area (Å²) in [6, 6.07) is 5.48. The second kappa shape index (κ2) is 5.29. The fourth-order valence-corrected chi connectivity index (χ4v) is 2.50. The Morgan fingerprint density at radius 2 is 2.22 bits per heavy atom. The van der Waals surface area contributed by atoms with Crippen molar-refractivity contribution in [2.75, 3.05) is 0 Å². The lowest BCUT2D eigenvalue weighted by Crippen LogP contribution is -2.44. The van der Waals surface area contributed by atoms with E-state index >= 15 is 0 Å². The standard InChI is InChI=1S/C14H19ClN2O/c1-8(2)13(16)14(18)17-12-6-3-9-7-10(15)4-5-11(9)12/h4-5,7-8,12-13H,3,6,16H2,1-2H3,(H,17,18)/t12?,13-/m0/s1. The molecule has 3 N–H and O–H groups in total. The largest absolute Gasteiger partial charge is 0.348 e. The number of fused-ring (bicyclic) bond motifs is 1. The molecule has 1 aliphatic rings. The van der Waals surface area contributed by atoms with E-state index in [2.05, 4.69) is 5.32 Å². The molecule has 0 saturated carbocycles. The minimum Gasteiger partial charge on any atom is -0.348 e. The van der Waals surface area contributed by atoms with Crippen LogP contribution in [0.2, 0.25) is 5.02 Å². The lowest BCUT2D eigenvalue weighted by Gasteiger charge is -2.20. The number of aryl methyl sites for hydroxylation is 1. The number of nitrogens with one attached hydrogen (secondary N) is 1. The topological polar surface area (TPSA) is 55.1 Å². The molecule has 1 amide bonds. The van der Waals surface area contributed by atoms with Gasteiger partial charge in [-0.05, 0) is 42.0 Å². The number of carbonyl (C=O) groups excluding carboxylic acids is 1. The molecule has 1 aliphatic carbocycles. The van der Waals surface area contributed by atoms with Crippen LogP contribution in [0.3, 0.4) is 0 Å². The van der Waals surface area contributed by atoms with Crippen LogP contribution in [0.5, 0.6) is 0 Å². The molecule has 1 unspecified atom stereocenters. The Balaban J connectivity index is 2.08. The average Bonchev–Trinajstić information content (AvgIpc) is 2.70. The van der Waals surface area contributed by atoms with Crippen LogP contribution in [0.15, 0.2) is 18.2 Å². The van der Waals surface area contributed by atoms with Gasteiger partial charge in [-0.25, -0.2) is 0 Å². The highest BCUT2D eigenvalue weighted by Gasteiger charge is 2.26. The summed E-state index contributed by atoms with van der Waals surface area (Å²) in [6.45, 7) is 3.90. The van der Waals surface area contributed by atoms with Gasteiger partial charge in [-0.3, -0.25) is 4.79 Å². The van der Waals surface area contributed by atoms with Crippen molar-refractivity contribution in [1.29, 1.82) is 0 Å². The fourth-order valence-electron chi connectivity index (χ4n) is 2.31. The summed E-state index contributed by atoms with van der Waals surface area (Å²) in [5, 5.41) is 3.78. The van der Waals surface area contributed by atoms with Crippen LogP contribution in [-0.4, -0.2) is 11.9 Å². The maximum Gasteiger partial charge on any atom is 0.237 e. The van der Waals surface area contributed by atoms with E-state index in [9.17, 15) is 4.79 Å². The third-order valence-corrected chi connectivity index (χ3v) is 3.76. The van der Waals surface area contributed by atoms with E-state index < -0.39 is 6.04 Å². The maximum absolute atomic E-state index is 12.0. The van der Waals surface area contributed by atoms with E-state index in [-0.39, 0.29) is 17.9 Å². The predicted molar refractivity (Wildman–Crippen MR) is 73.5 cm³/mol. The van der Waals surface area contributed by atoms with Crippen LogP contribution in [-0.2, 0) is 11.2 Å². The summed E-state index contributed by atoms with van der Waals surface area (Å²) < 4.78 is 0. The number of hydrogen-bond donors (Lipinski definition) is 2. The smallest absolute Gasteiger partial charge is 0.237 e. The molecule has 98 valence electrons. The van der Waals surface area contributed by atoms with Crippen molar-refractivity contribution in [3.63, 3.8) is 0 Å². The second-order valence-electron chi connectivity index (χ2n) is 5.21. The summed E-state index contributed by atoms with van der Waals surface area (Å²) >= 11 is 5.96. The summed E-state index contributed by atoms with van der Waals surface area (Å²) in [5.74, 6) is 0.0777. The monoisotopic (exact) mass is 266 g/mol. The number of amides is 1. The van der Waals surface area contributed by atoms with Gasteiger partial charge in [0.05, 0.1) is 12.1 Å². The highest BCUT2D eigenvalue weighted by Crippen LogP contribution is 2.32. The molecule has 0 spiro atoms. The Labute approximate surface area is 113 Å². The van der Waals surface area contributed by atoms with Crippen LogP contribution in [0.25, 0.3) is 0 Å². The first-order valence-electron chi connectivity index (χ1n) is 6.33. The average molecular weight is 267 g/mol. The number of hydrogen-bond acceptors (Lipinski definition) is 2. The molecule has 0 saturated heterocycles. The number of halogens is 1.